The lowest BCUT2D eigenvalue weighted by Gasteiger charge is -2.13. The van der Waals surface area contributed by atoms with E-state index in [9.17, 15) is 4.39 Å². The number of hydrogen-bond donors (Lipinski definition) is 3. The molecule has 0 aliphatic heterocycles. The van der Waals surface area contributed by atoms with Gasteiger partial charge in [-0.05, 0) is 24.7 Å². The second kappa shape index (κ2) is 4.20. The summed E-state index contributed by atoms with van der Waals surface area (Å²) < 4.78 is 12.8. The minimum absolute atomic E-state index is 0.135. The molecule has 1 aromatic carbocycles. The number of aromatic hydroxyl groups is 1. The van der Waals surface area contributed by atoms with E-state index < -0.39 is 5.82 Å². The van der Waals surface area contributed by atoms with Crippen molar-refractivity contribution in [1.29, 1.82) is 0 Å². The van der Waals surface area contributed by atoms with Gasteiger partial charge in [-0.25, -0.2) is 4.39 Å². The lowest BCUT2D eigenvalue weighted by atomic mass is 10.1. The van der Waals surface area contributed by atoms with Crippen molar-refractivity contribution >= 4 is 0 Å². The van der Waals surface area contributed by atoms with Crippen molar-refractivity contribution < 1.29 is 14.6 Å². The van der Waals surface area contributed by atoms with Gasteiger partial charge in [-0.1, -0.05) is 0 Å². The van der Waals surface area contributed by atoms with Crippen LogP contribution in [0.3, 0.4) is 0 Å². The molecular weight excluding hydrogens is 173 g/mol. The summed E-state index contributed by atoms with van der Waals surface area (Å²) in [5.41, 5.74) is 0.530. The van der Waals surface area contributed by atoms with Crippen LogP contribution in [0.4, 0.5) is 4.39 Å². The number of aliphatic hydroxyl groups excluding tert-OH is 1. The van der Waals surface area contributed by atoms with E-state index in [1.54, 1.807) is 7.05 Å². The number of rotatable bonds is 3. The molecule has 0 bridgehead atoms. The minimum Gasteiger partial charge on any atom is -0.508 e. The summed E-state index contributed by atoms with van der Waals surface area (Å²) in [6.45, 7) is -0.139. The number of aliphatic hydroxyl groups is 1. The zero-order chi connectivity index (χ0) is 9.84. The topological polar surface area (TPSA) is 52.5 Å². The van der Waals surface area contributed by atoms with E-state index in [1.165, 1.54) is 12.1 Å². The molecule has 0 saturated carbocycles. The van der Waals surface area contributed by atoms with E-state index in [2.05, 4.69) is 5.32 Å². The zero-order valence-corrected chi connectivity index (χ0v) is 7.29. The van der Waals surface area contributed by atoms with Crippen LogP contribution in [0.1, 0.15) is 11.6 Å². The maximum absolute atomic E-state index is 12.8. The van der Waals surface area contributed by atoms with E-state index >= 15 is 0 Å². The molecule has 3 N–H and O–H groups in total. The third kappa shape index (κ3) is 2.40. The molecule has 4 heteroatoms. The molecule has 0 aliphatic carbocycles. The lowest BCUT2D eigenvalue weighted by Crippen LogP contribution is -2.19. The molecule has 0 saturated heterocycles. The summed E-state index contributed by atoms with van der Waals surface area (Å²) in [5.74, 6) is -0.646. The highest BCUT2D eigenvalue weighted by Crippen LogP contribution is 2.19. The molecule has 1 atom stereocenters. The largest absolute Gasteiger partial charge is 0.508 e. The van der Waals surface area contributed by atoms with Gasteiger partial charge in [0.2, 0.25) is 0 Å². The quantitative estimate of drug-likeness (QED) is 0.652. The number of hydrogen-bond acceptors (Lipinski definition) is 3. The van der Waals surface area contributed by atoms with Gasteiger partial charge in [0.15, 0.2) is 0 Å². The Morgan fingerprint density at radius 2 is 2.15 bits per heavy atom. The van der Waals surface area contributed by atoms with Crippen molar-refractivity contribution in [2.24, 2.45) is 0 Å². The van der Waals surface area contributed by atoms with Crippen LogP contribution in [-0.4, -0.2) is 23.9 Å². The average molecular weight is 185 g/mol. The monoisotopic (exact) mass is 185 g/mol. The Morgan fingerprint density at radius 3 is 2.62 bits per heavy atom. The van der Waals surface area contributed by atoms with Crippen molar-refractivity contribution in [3.8, 4) is 5.75 Å². The van der Waals surface area contributed by atoms with Crippen molar-refractivity contribution in [3.05, 3.63) is 29.6 Å². The highest BCUT2D eigenvalue weighted by atomic mass is 19.1. The summed E-state index contributed by atoms with van der Waals surface area (Å²) in [7, 11) is 1.66. The number of likely N-dealkylation sites (N-methyl/N-ethyl adjacent to an activating group) is 1. The van der Waals surface area contributed by atoms with E-state index in [1.807, 2.05) is 0 Å². The highest BCUT2D eigenvalue weighted by Gasteiger charge is 2.09. The fourth-order valence-electron chi connectivity index (χ4n) is 1.16. The van der Waals surface area contributed by atoms with Crippen molar-refractivity contribution in [2.45, 2.75) is 6.04 Å². The van der Waals surface area contributed by atoms with Crippen molar-refractivity contribution in [2.75, 3.05) is 13.7 Å². The summed E-state index contributed by atoms with van der Waals surface area (Å²) in [5, 5.41) is 20.8. The number of phenolic OH excluding ortho intramolecular Hbond substituents is 1. The molecule has 1 rings (SSSR count). The first-order valence-electron chi connectivity index (χ1n) is 3.95. The van der Waals surface area contributed by atoms with Gasteiger partial charge in [0.1, 0.15) is 11.6 Å². The molecule has 0 fully saturated rings. The Hall–Kier alpha value is -1.13. The number of benzene rings is 1. The van der Waals surface area contributed by atoms with Gasteiger partial charge in [-0.3, -0.25) is 0 Å². The van der Waals surface area contributed by atoms with Crippen LogP contribution >= 0.6 is 0 Å². The predicted octanol–water partition coefficient (Wildman–Crippen LogP) is 0.784. The van der Waals surface area contributed by atoms with Crippen LogP contribution in [-0.2, 0) is 0 Å². The smallest absolute Gasteiger partial charge is 0.127 e. The summed E-state index contributed by atoms with van der Waals surface area (Å²) in [6, 6.07) is 3.37. The van der Waals surface area contributed by atoms with Crippen molar-refractivity contribution in [3.63, 3.8) is 0 Å². The molecule has 1 aromatic rings. The van der Waals surface area contributed by atoms with Gasteiger partial charge in [-0.2, -0.15) is 0 Å². The van der Waals surface area contributed by atoms with E-state index in [0.29, 0.717) is 5.56 Å². The van der Waals surface area contributed by atoms with Crippen LogP contribution in [0, 0.1) is 5.82 Å². The maximum atomic E-state index is 12.8. The molecule has 0 heterocycles. The SMILES string of the molecule is CNC(CO)c1cc(O)cc(F)c1. The van der Waals surface area contributed by atoms with E-state index in [-0.39, 0.29) is 18.4 Å². The Balaban J connectivity index is 2.99. The molecule has 72 valence electrons. The van der Waals surface area contributed by atoms with Crippen LogP contribution in [0.15, 0.2) is 18.2 Å². The Bertz CT molecular complexity index is 267. The summed E-state index contributed by atoms with van der Waals surface area (Å²) >= 11 is 0. The second-order valence-corrected chi connectivity index (χ2v) is 2.77. The summed E-state index contributed by atoms with van der Waals surface area (Å²) in [6.07, 6.45) is 0. The van der Waals surface area contributed by atoms with E-state index in [4.69, 9.17) is 10.2 Å². The maximum Gasteiger partial charge on any atom is 0.127 e. The number of phenols is 1. The third-order valence-electron chi connectivity index (χ3n) is 1.84. The van der Waals surface area contributed by atoms with Crippen LogP contribution in [0.25, 0.3) is 0 Å². The highest BCUT2D eigenvalue weighted by molar-refractivity contribution is 5.30. The fraction of sp³-hybridized carbons (Fsp3) is 0.333. The first-order valence-corrected chi connectivity index (χ1v) is 3.95. The molecule has 0 spiro atoms. The van der Waals surface area contributed by atoms with Gasteiger partial charge in [0.05, 0.1) is 12.6 Å². The molecule has 13 heavy (non-hydrogen) atoms. The molecule has 0 radical (unpaired) electrons. The Labute approximate surface area is 75.8 Å². The van der Waals surface area contributed by atoms with Crippen LogP contribution < -0.4 is 5.32 Å². The Morgan fingerprint density at radius 1 is 1.46 bits per heavy atom. The second-order valence-electron chi connectivity index (χ2n) is 2.77. The fourth-order valence-corrected chi connectivity index (χ4v) is 1.16. The summed E-state index contributed by atoms with van der Waals surface area (Å²) in [4.78, 5) is 0. The van der Waals surface area contributed by atoms with Gasteiger partial charge >= 0.3 is 0 Å². The molecule has 3 nitrogen and oxygen atoms in total. The Kier molecular flexibility index (Phi) is 3.22. The standard InChI is InChI=1S/C9H12FNO2/c1-11-9(5-12)6-2-7(10)4-8(13)3-6/h2-4,9,11-13H,5H2,1H3. The normalized spacial score (nSPS) is 12.8. The van der Waals surface area contributed by atoms with Gasteiger partial charge in [0.25, 0.3) is 0 Å². The molecule has 0 aromatic heterocycles. The average Bonchev–Trinajstić information content (AvgIpc) is 2.04. The van der Waals surface area contributed by atoms with Crippen LogP contribution in [0.2, 0.25) is 0 Å². The van der Waals surface area contributed by atoms with Gasteiger partial charge in [-0.15, -0.1) is 0 Å². The van der Waals surface area contributed by atoms with Crippen molar-refractivity contribution in [1.82, 2.24) is 5.32 Å². The van der Waals surface area contributed by atoms with Gasteiger partial charge < -0.3 is 15.5 Å². The van der Waals surface area contributed by atoms with E-state index in [0.717, 1.165) is 6.07 Å². The predicted molar refractivity (Wildman–Crippen MR) is 47.0 cm³/mol. The molecular formula is C9H12FNO2. The first-order chi connectivity index (χ1) is 6.17. The zero-order valence-electron chi connectivity index (χ0n) is 7.29. The minimum atomic E-state index is -0.510. The molecule has 0 aliphatic rings. The van der Waals surface area contributed by atoms with Crippen LogP contribution in [0.5, 0.6) is 5.75 Å². The molecule has 1 unspecified atom stereocenters. The first kappa shape index (κ1) is 9.95. The third-order valence-corrected chi connectivity index (χ3v) is 1.84. The number of nitrogens with one attached hydrogen (secondary N) is 1. The lowest BCUT2D eigenvalue weighted by molar-refractivity contribution is 0.250. The number of halogens is 1. The van der Waals surface area contributed by atoms with Gasteiger partial charge in [0, 0.05) is 6.07 Å². The molecule has 0 amide bonds.